The molecule has 3 N–H and O–H groups in total. The predicted molar refractivity (Wildman–Crippen MR) is 102 cm³/mol. The van der Waals surface area contributed by atoms with Crippen LogP contribution in [0.15, 0.2) is 24.3 Å². The Morgan fingerprint density at radius 3 is 2.62 bits per heavy atom. The van der Waals surface area contributed by atoms with Gasteiger partial charge in [0.1, 0.15) is 0 Å². The van der Waals surface area contributed by atoms with E-state index in [0.717, 1.165) is 35.1 Å². The number of hydrogen-bond acceptors (Lipinski definition) is 4. The summed E-state index contributed by atoms with van der Waals surface area (Å²) in [7, 11) is 0. The average Bonchev–Trinajstić information content (AvgIpc) is 2.79. The molecule has 0 spiro atoms. The van der Waals surface area contributed by atoms with Gasteiger partial charge in [-0.15, -0.1) is 0 Å². The van der Waals surface area contributed by atoms with Crippen LogP contribution in [0.4, 0.5) is 5.95 Å². The lowest BCUT2D eigenvalue weighted by Gasteiger charge is -2.08. The molecule has 1 aliphatic rings. The molecule has 3 aromatic rings. The van der Waals surface area contributed by atoms with E-state index in [0.29, 0.717) is 11.5 Å². The van der Waals surface area contributed by atoms with E-state index in [4.69, 9.17) is 0 Å². The minimum atomic E-state index is -0.196. The first-order chi connectivity index (χ1) is 12.6. The van der Waals surface area contributed by atoms with Crippen LogP contribution in [0.3, 0.4) is 0 Å². The molecule has 6 nitrogen and oxygen atoms in total. The summed E-state index contributed by atoms with van der Waals surface area (Å²) in [6.07, 6.45) is 5.88. The highest BCUT2D eigenvalue weighted by molar-refractivity contribution is 5.99. The second-order valence-electron chi connectivity index (χ2n) is 6.96. The van der Waals surface area contributed by atoms with Crippen LogP contribution in [0, 0.1) is 13.8 Å². The number of nitrogens with one attached hydrogen (secondary N) is 3. The lowest BCUT2D eigenvalue weighted by molar-refractivity contribution is 0.0962. The smallest absolute Gasteiger partial charge is 0.269 e. The third-order valence-electron chi connectivity index (χ3n) is 4.88. The van der Waals surface area contributed by atoms with Crippen molar-refractivity contribution in [3.63, 3.8) is 0 Å². The summed E-state index contributed by atoms with van der Waals surface area (Å²) in [5.74, 6) is 0.200. The third-order valence-corrected chi connectivity index (χ3v) is 4.88. The molecule has 0 saturated carbocycles. The van der Waals surface area contributed by atoms with Crippen molar-refractivity contribution in [2.45, 2.75) is 46.0 Å². The Kier molecular flexibility index (Phi) is 4.32. The zero-order chi connectivity index (χ0) is 18.1. The highest BCUT2D eigenvalue weighted by Gasteiger charge is 2.16. The van der Waals surface area contributed by atoms with E-state index >= 15 is 0 Å². The molecule has 2 heterocycles. The van der Waals surface area contributed by atoms with Crippen LogP contribution in [0.25, 0.3) is 10.9 Å². The standard InChI is InChI=1S/C20H23N5O/c1-12-10-13(2)22-20(21-12)25-24-19(26)14-8-9-18-16(11-14)15-6-4-3-5-7-17(15)23-18/h8-11,23H,3-7H2,1-2H3,(H,24,26)(H,21,22,25). The van der Waals surface area contributed by atoms with Gasteiger partial charge >= 0.3 is 0 Å². The molecule has 4 rings (SSSR count). The number of fused-ring (bicyclic) bond motifs is 3. The highest BCUT2D eigenvalue weighted by atomic mass is 16.2. The first-order valence-corrected chi connectivity index (χ1v) is 9.12. The van der Waals surface area contributed by atoms with E-state index in [1.807, 2.05) is 38.1 Å². The number of aryl methyl sites for hydroxylation is 4. The molecule has 0 saturated heterocycles. The second-order valence-corrected chi connectivity index (χ2v) is 6.96. The maximum absolute atomic E-state index is 12.6. The first kappa shape index (κ1) is 16.6. The summed E-state index contributed by atoms with van der Waals surface area (Å²) in [6, 6.07) is 7.71. The topological polar surface area (TPSA) is 82.7 Å². The summed E-state index contributed by atoms with van der Waals surface area (Å²) in [4.78, 5) is 24.6. The summed E-state index contributed by atoms with van der Waals surface area (Å²) < 4.78 is 0. The van der Waals surface area contributed by atoms with E-state index in [2.05, 4.69) is 25.8 Å². The van der Waals surface area contributed by atoms with Crippen LogP contribution in [0.5, 0.6) is 0 Å². The molecule has 2 aromatic heterocycles. The molecule has 0 radical (unpaired) electrons. The number of carbonyl (C=O) groups is 1. The summed E-state index contributed by atoms with van der Waals surface area (Å²) in [6.45, 7) is 3.79. The molecule has 26 heavy (non-hydrogen) atoms. The number of hydrazine groups is 1. The van der Waals surface area contributed by atoms with Crippen LogP contribution in [0.2, 0.25) is 0 Å². The molecule has 1 amide bonds. The van der Waals surface area contributed by atoms with Crippen molar-refractivity contribution in [3.05, 3.63) is 52.5 Å². The van der Waals surface area contributed by atoms with E-state index in [1.165, 1.54) is 30.5 Å². The van der Waals surface area contributed by atoms with Gasteiger partial charge in [0.2, 0.25) is 5.95 Å². The molecule has 0 atom stereocenters. The van der Waals surface area contributed by atoms with E-state index in [1.54, 1.807) is 0 Å². The van der Waals surface area contributed by atoms with Crippen molar-refractivity contribution in [1.29, 1.82) is 0 Å². The number of benzene rings is 1. The van der Waals surface area contributed by atoms with Crippen LogP contribution >= 0.6 is 0 Å². The monoisotopic (exact) mass is 349 g/mol. The first-order valence-electron chi connectivity index (χ1n) is 9.12. The number of rotatable bonds is 3. The molecular weight excluding hydrogens is 326 g/mol. The van der Waals surface area contributed by atoms with Gasteiger partial charge in [-0.3, -0.25) is 15.6 Å². The number of H-pyrrole nitrogens is 1. The number of carbonyl (C=O) groups excluding carboxylic acids is 1. The largest absolute Gasteiger partial charge is 0.358 e. The summed E-state index contributed by atoms with van der Waals surface area (Å²) in [5.41, 5.74) is 11.6. The fraction of sp³-hybridized carbons (Fsp3) is 0.350. The highest BCUT2D eigenvalue weighted by Crippen LogP contribution is 2.29. The van der Waals surface area contributed by atoms with Crippen molar-refractivity contribution in [2.75, 3.05) is 5.43 Å². The minimum Gasteiger partial charge on any atom is -0.358 e. The van der Waals surface area contributed by atoms with Gasteiger partial charge in [0.15, 0.2) is 0 Å². The average molecular weight is 349 g/mol. The number of aromatic nitrogens is 3. The number of hydrogen-bond donors (Lipinski definition) is 3. The van der Waals surface area contributed by atoms with Gasteiger partial charge in [0.05, 0.1) is 0 Å². The maximum Gasteiger partial charge on any atom is 0.269 e. The lowest BCUT2D eigenvalue weighted by Crippen LogP contribution is -2.30. The Morgan fingerprint density at radius 1 is 1.04 bits per heavy atom. The van der Waals surface area contributed by atoms with E-state index < -0.39 is 0 Å². The SMILES string of the molecule is Cc1cc(C)nc(NNC(=O)c2ccc3[nH]c4c(c3c2)CCCCC4)n1. The van der Waals surface area contributed by atoms with Crippen molar-refractivity contribution in [1.82, 2.24) is 20.4 Å². The lowest BCUT2D eigenvalue weighted by atomic mass is 10.0. The number of aromatic amines is 1. The van der Waals surface area contributed by atoms with Gasteiger partial charge in [-0.05, 0) is 69.4 Å². The van der Waals surface area contributed by atoms with Gasteiger partial charge in [-0.1, -0.05) is 6.42 Å². The Balaban J connectivity index is 1.55. The molecule has 1 aromatic carbocycles. The Morgan fingerprint density at radius 2 is 1.81 bits per heavy atom. The summed E-state index contributed by atoms with van der Waals surface area (Å²) >= 11 is 0. The van der Waals surface area contributed by atoms with Crippen LogP contribution in [0.1, 0.15) is 52.3 Å². The van der Waals surface area contributed by atoms with Gasteiger partial charge in [0.25, 0.3) is 5.91 Å². The molecular formula is C20H23N5O. The minimum absolute atomic E-state index is 0.196. The van der Waals surface area contributed by atoms with Crippen molar-refractivity contribution >= 4 is 22.8 Å². The fourth-order valence-electron chi connectivity index (χ4n) is 3.69. The Hall–Kier alpha value is -2.89. The van der Waals surface area contributed by atoms with Crippen LogP contribution in [-0.2, 0) is 12.8 Å². The fourth-order valence-corrected chi connectivity index (χ4v) is 3.69. The Labute approximate surface area is 152 Å². The molecule has 0 bridgehead atoms. The zero-order valence-electron chi connectivity index (χ0n) is 15.1. The molecule has 0 fully saturated rings. The molecule has 0 aliphatic heterocycles. The van der Waals surface area contributed by atoms with Gasteiger partial charge in [0, 0.05) is 33.5 Å². The van der Waals surface area contributed by atoms with E-state index in [9.17, 15) is 4.79 Å². The van der Waals surface area contributed by atoms with Crippen molar-refractivity contribution in [3.8, 4) is 0 Å². The summed E-state index contributed by atoms with van der Waals surface area (Å²) in [5, 5.41) is 1.16. The van der Waals surface area contributed by atoms with Crippen molar-refractivity contribution < 1.29 is 4.79 Å². The normalized spacial score (nSPS) is 13.9. The Bertz CT molecular complexity index is 955. The van der Waals surface area contributed by atoms with Crippen LogP contribution < -0.4 is 10.9 Å². The number of amides is 1. The molecule has 0 unspecified atom stereocenters. The molecule has 1 aliphatic carbocycles. The third kappa shape index (κ3) is 3.27. The second kappa shape index (κ2) is 6.78. The number of anilines is 1. The number of nitrogens with zero attached hydrogens (tertiary/aromatic N) is 2. The van der Waals surface area contributed by atoms with Crippen LogP contribution in [-0.4, -0.2) is 20.9 Å². The van der Waals surface area contributed by atoms with Gasteiger partial charge in [-0.2, -0.15) is 0 Å². The zero-order valence-corrected chi connectivity index (χ0v) is 15.1. The predicted octanol–water partition coefficient (Wildman–Crippen LogP) is 3.60. The van der Waals surface area contributed by atoms with Gasteiger partial charge in [-0.25, -0.2) is 9.97 Å². The van der Waals surface area contributed by atoms with Crippen molar-refractivity contribution in [2.24, 2.45) is 0 Å². The van der Waals surface area contributed by atoms with Gasteiger partial charge < -0.3 is 4.98 Å². The van der Waals surface area contributed by atoms with E-state index in [-0.39, 0.29) is 5.91 Å². The maximum atomic E-state index is 12.6. The molecule has 134 valence electrons. The quantitative estimate of drug-likeness (QED) is 0.498. The molecule has 6 heteroatoms.